The van der Waals surface area contributed by atoms with Crippen LogP contribution in [-0.2, 0) is 0 Å². The molecule has 54 heavy (non-hydrogen) atoms. The van der Waals surface area contributed by atoms with Gasteiger partial charge in [-0.25, -0.2) is 19.9 Å². The van der Waals surface area contributed by atoms with E-state index in [1.54, 1.807) is 0 Å². The predicted octanol–water partition coefficient (Wildman–Crippen LogP) is 10.8. The van der Waals surface area contributed by atoms with E-state index in [4.69, 9.17) is 19.9 Å². The van der Waals surface area contributed by atoms with Gasteiger partial charge in [0.05, 0.1) is 11.0 Å². The van der Waals surface area contributed by atoms with Gasteiger partial charge < -0.3 is 4.57 Å². The molecule has 4 heterocycles. The number of para-hydroxylation sites is 1. The van der Waals surface area contributed by atoms with Crippen LogP contribution in [0.2, 0.25) is 0 Å². The number of imidazole rings is 1. The molecule has 0 aliphatic carbocycles. The lowest BCUT2D eigenvalue weighted by molar-refractivity contribution is 1.07. The largest absolute Gasteiger partial charge is 0.309 e. The Balaban J connectivity index is 1.08. The molecule has 0 N–H and O–H groups in total. The second-order valence-electron chi connectivity index (χ2n) is 13.1. The highest BCUT2D eigenvalue weighted by Crippen LogP contribution is 2.38. The van der Waals surface area contributed by atoms with Crippen molar-refractivity contribution in [2.24, 2.45) is 0 Å². The summed E-state index contributed by atoms with van der Waals surface area (Å²) in [7, 11) is 0. The lowest BCUT2D eigenvalue weighted by Gasteiger charge is -2.10. The minimum Gasteiger partial charge on any atom is -0.309 e. The van der Waals surface area contributed by atoms with E-state index in [0.717, 1.165) is 66.5 Å². The Morgan fingerprint density at radius 3 is 1.50 bits per heavy atom. The number of aromatic nitrogens is 6. The molecule has 0 amide bonds. The Morgan fingerprint density at radius 1 is 0.426 bits per heavy atom. The maximum Gasteiger partial charge on any atom is 0.164 e. The number of benzene rings is 6. The Labute approximate surface area is 310 Å². The van der Waals surface area contributed by atoms with E-state index in [1.807, 2.05) is 95.5 Å². The molecule has 0 spiro atoms. The van der Waals surface area contributed by atoms with Crippen molar-refractivity contribution in [1.82, 2.24) is 28.9 Å². The van der Waals surface area contributed by atoms with Gasteiger partial charge in [-0.3, -0.25) is 4.40 Å². The fraction of sp³-hybridized carbons (Fsp3) is 0. The topological polar surface area (TPSA) is 84.7 Å². The summed E-state index contributed by atoms with van der Waals surface area (Å²) in [5.74, 6) is 1.89. The lowest BCUT2D eigenvalue weighted by atomic mass is 10.0. The first-order valence-electron chi connectivity index (χ1n) is 17.7. The van der Waals surface area contributed by atoms with Gasteiger partial charge in [0, 0.05) is 44.9 Å². The van der Waals surface area contributed by atoms with Gasteiger partial charge in [-0.15, -0.1) is 0 Å². The summed E-state index contributed by atoms with van der Waals surface area (Å²) in [4.78, 5) is 19.5. The van der Waals surface area contributed by atoms with Gasteiger partial charge >= 0.3 is 0 Å². The molecule has 0 atom stereocenters. The maximum absolute atomic E-state index is 10.1. The summed E-state index contributed by atoms with van der Waals surface area (Å²) in [5, 5.41) is 12.4. The minimum atomic E-state index is 0.516. The molecule has 0 aliphatic heterocycles. The average molecular weight is 692 g/mol. The monoisotopic (exact) mass is 691 g/mol. The molecule has 7 heteroatoms. The fourth-order valence-corrected chi connectivity index (χ4v) is 7.25. The van der Waals surface area contributed by atoms with E-state index in [0.29, 0.717) is 28.9 Å². The fourth-order valence-electron chi connectivity index (χ4n) is 7.25. The van der Waals surface area contributed by atoms with Crippen molar-refractivity contribution in [3.63, 3.8) is 0 Å². The van der Waals surface area contributed by atoms with E-state index in [1.165, 1.54) is 0 Å². The second-order valence-corrected chi connectivity index (χ2v) is 13.1. The summed E-state index contributed by atoms with van der Waals surface area (Å²) >= 11 is 0. The molecule has 7 nitrogen and oxygen atoms in total. The van der Waals surface area contributed by atoms with Crippen molar-refractivity contribution < 1.29 is 0 Å². The summed E-state index contributed by atoms with van der Waals surface area (Å²) in [6, 6.07) is 60.0. The Bertz CT molecular complexity index is 2970. The molecule has 4 aromatic heterocycles. The molecular formula is C47H29N7. The molecule has 10 aromatic rings. The molecule has 0 radical (unpaired) electrons. The van der Waals surface area contributed by atoms with Crippen LogP contribution in [0.15, 0.2) is 176 Å². The third kappa shape index (κ3) is 5.29. The smallest absolute Gasteiger partial charge is 0.164 e. The van der Waals surface area contributed by atoms with Gasteiger partial charge in [-0.2, -0.15) is 5.26 Å². The number of pyridine rings is 1. The first-order chi connectivity index (χ1) is 26.7. The molecule has 0 saturated carbocycles. The first kappa shape index (κ1) is 31.1. The molecule has 0 fully saturated rings. The first-order valence-corrected chi connectivity index (χ1v) is 17.7. The maximum atomic E-state index is 10.1. The molecule has 6 aromatic carbocycles. The Hall–Kier alpha value is -7.69. The highest BCUT2D eigenvalue weighted by molar-refractivity contribution is 6.11. The summed E-state index contributed by atoms with van der Waals surface area (Å²) in [5.41, 5.74) is 11.0. The highest BCUT2D eigenvalue weighted by Gasteiger charge is 2.19. The number of nitrogens with zero attached hydrogens (tertiary/aromatic N) is 7. The van der Waals surface area contributed by atoms with Crippen molar-refractivity contribution in [2.75, 3.05) is 0 Å². The third-order valence-corrected chi connectivity index (χ3v) is 9.87. The lowest BCUT2D eigenvalue weighted by Crippen LogP contribution is -2.00. The minimum absolute atomic E-state index is 0.516. The van der Waals surface area contributed by atoms with Crippen molar-refractivity contribution >= 4 is 27.5 Å². The normalized spacial score (nSPS) is 11.3. The van der Waals surface area contributed by atoms with Crippen molar-refractivity contribution in [3.05, 3.63) is 182 Å². The van der Waals surface area contributed by atoms with Gasteiger partial charge in [0.15, 0.2) is 23.2 Å². The van der Waals surface area contributed by atoms with Gasteiger partial charge in [-0.05, 0) is 47.5 Å². The highest BCUT2D eigenvalue weighted by atomic mass is 15.0. The molecule has 252 valence electrons. The standard InChI is InChI=1S/C47H29N7/c48-30-42-44(49-43-18-10-11-27-53(42)43)36-24-26-39-38-25-23-35(28-40(38)54(41(39)29-36)37-16-8-3-9-17-37)31-19-21-34(22-20-31)47-51-45(32-12-4-1-5-13-32)50-46(52-47)33-14-6-2-7-15-33/h1-29H. The summed E-state index contributed by atoms with van der Waals surface area (Å²) in [6.45, 7) is 0. The van der Waals surface area contributed by atoms with E-state index in [2.05, 4.69) is 95.6 Å². The van der Waals surface area contributed by atoms with Gasteiger partial charge in [0.25, 0.3) is 0 Å². The van der Waals surface area contributed by atoms with Crippen LogP contribution in [0.25, 0.3) is 89.7 Å². The van der Waals surface area contributed by atoms with E-state index >= 15 is 0 Å². The van der Waals surface area contributed by atoms with Crippen LogP contribution < -0.4 is 0 Å². The van der Waals surface area contributed by atoms with Crippen LogP contribution in [0.5, 0.6) is 0 Å². The number of rotatable bonds is 6. The number of fused-ring (bicyclic) bond motifs is 4. The summed E-state index contributed by atoms with van der Waals surface area (Å²) in [6.07, 6.45) is 1.88. The van der Waals surface area contributed by atoms with Crippen molar-refractivity contribution in [3.8, 4) is 68.3 Å². The quantitative estimate of drug-likeness (QED) is 0.173. The SMILES string of the molecule is N#Cc1c(-c2ccc3c4ccc(-c5ccc(-c6nc(-c7ccccc7)nc(-c7ccccc7)n6)cc5)cc4n(-c4ccccc4)c3c2)nc2ccccn12. The molecule has 0 aliphatic rings. The molecular weight excluding hydrogens is 663 g/mol. The van der Waals surface area contributed by atoms with Crippen molar-refractivity contribution in [2.45, 2.75) is 0 Å². The van der Waals surface area contributed by atoms with Crippen LogP contribution in [0, 0.1) is 11.3 Å². The van der Waals surface area contributed by atoms with Crippen LogP contribution in [0.3, 0.4) is 0 Å². The Morgan fingerprint density at radius 2 is 0.907 bits per heavy atom. The van der Waals surface area contributed by atoms with E-state index in [9.17, 15) is 5.26 Å². The number of hydrogen-bond donors (Lipinski definition) is 0. The molecule has 10 rings (SSSR count). The van der Waals surface area contributed by atoms with E-state index in [-0.39, 0.29) is 0 Å². The molecule has 0 saturated heterocycles. The zero-order valence-corrected chi connectivity index (χ0v) is 28.9. The second kappa shape index (κ2) is 12.8. The third-order valence-electron chi connectivity index (χ3n) is 9.87. The predicted molar refractivity (Wildman–Crippen MR) is 215 cm³/mol. The summed E-state index contributed by atoms with van der Waals surface area (Å²) < 4.78 is 4.14. The van der Waals surface area contributed by atoms with Crippen LogP contribution in [0.4, 0.5) is 0 Å². The zero-order valence-electron chi connectivity index (χ0n) is 28.9. The number of hydrogen-bond acceptors (Lipinski definition) is 5. The van der Waals surface area contributed by atoms with Crippen LogP contribution >= 0.6 is 0 Å². The van der Waals surface area contributed by atoms with E-state index < -0.39 is 0 Å². The van der Waals surface area contributed by atoms with Crippen molar-refractivity contribution in [1.29, 1.82) is 5.26 Å². The van der Waals surface area contributed by atoms with Gasteiger partial charge in [-0.1, -0.05) is 133 Å². The van der Waals surface area contributed by atoms with Gasteiger partial charge in [0.1, 0.15) is 17.4 Å². The van der Waals surface area contributed by atoms with Crippen LogP contribution in [0.1, 0.15) is 5.69 Å². The molecule has 0 bridgehead atoms. The average Bonchev–Trinajstić information content (AvgIpc) is 3.79. The zero-order chi connectivity index (χ0) is 36.0. The van der Waals surface area contributed by atoms with Crippen LogP contribution in [-0.4, -0.2) is 28.9 Å². The molecule has 0 unspecified atom stereocenters. The van der Waals surface area contributed by atoms with Gasteiger partial charge in [0.2, 0.25) is 0 Å². The Kier molecular flexibility index (Phi) is 7.38. The number of nitriles is 1.